The number of hydrogen-bond acceptors (Lipinski definition) is 7. The third-order valence-electron chi connectivity index (χ3n) is 9.28. The van der Waals surface area contributed by atoms with Crippen molar-refractivity contribution in [2.45, 2.75) is 56.6 Å². The van der Waals surface area contributed by atoms with Crippen molar-refractivity contribution in [1.82, 2.24) is 4.98 Å². The number of halogens is 3. The molecule has 13 heteroatoms. The number of nitrogens with one attached hydrogen (secondary N) is 2. The fourth-order valence-electron chi connectivity index (χ4n) is 6.12. The van der Waals surface area contributed by atoms with Crippen LogP contribution in [0.5, 0.6) is 0 Å². The van der Waals surface area contributed by atoms with Crippen molar-refractivity contribution in [3.63, 3.8) is 0 Å². The number of anilines is 4. The van der Waals surface area contributed by atoms with E-state index < -0.39 is 52.4 Å². The van der Waals surface area contributed by atoms with Crippen molar-refractivity contribution < 1.29 is 31.5 Å². The monoisotopic (exact) mass is 631 g/mol. The first-order valence-corrected chi connectivity index (χ1v) is 16.5. The summed E-state index contributed by atoms with van der Waals surface area (Å²) in [5.74, 6) is -4.17. The normalized spacial score (nSPS) is 20.0. The van der Waals surface area contributed by atoms with Gasteiger partial charge in [0.05, 0.1) is 34.7 Å². The van der Waals surface area contributed by atoms with Gasteiger partial charge in [-0.2, -0.15) is 0 Å². The number of fused-ring (bicyclic) bond motifs is 1. The number of rotatable bonds is 8. The standard InChI is InChI=1S/C31H36F3N5O4S/c1-20(19-40)44(42,43)37-22-4-5-23(25(18-22)38-13-8-30(6-7-30)9-14-38)29(41)36-24-17-21-3-2-12-35-27(21)28(26(24)32)39-15-10-31(33,34)11-16-39/h2-5,12,17-18,20,37,40H,6-11,13-16,19H2,1H3,(H,36,41)/t20-/m0/s1. The molecular formula is C31H36F3N5O4S. The maximum Gasteiger partial charge on any atom is 0.257 e. The van der Waals surface area contributed by atoms with Crippen molar-refractivity contribution in [2.24, 2.45) is 5.41 Å². The Bertz CT molecular complexity index is 1680. The first-order valence-electron chi connectivity index (χ1n) is 14.9. The second-order valence-corrected chi connectivity index (χ2v) is 14.4. The molecule has 3 heterocycles. The second-order valence-electron chi connectivity index (χ2n) is 12.3. The number of piperidine rings is 2. The number of amides is 1. The molecule has 2 saturated heterocycles. The molecular weight excluding hydrogens is 595 g/mol. The lowest BCUT2D eigenvalue weighted by atomic mass is 9.93. The molecule has 3 fully saturated rings. The second kappa shape index (κ2) is 11.4. The van der Waals surface area contributed by atoms with Crippen molar-refractivity contribution in [3.8, 4) is 0 Å². The minimum Gasteiger partial charge on any atom is -0.395 e. The topological polar surface area (TPSA) is 115 Å². The predicted octanol–water partition coefficient (Wildman–Crippen LogP) is 5.36. The van der Waals surface area contributed by atoms with E-state index in [4.69, 9.17) is 0 Å². The number of aromatic nitrogens is 1. The number of carbonyl (C=O) groups excluding carboxylic acids is 1. The number of pyridine rings is 1. The van der Waals surface area contributed by atoms with E-state index in [-0.39, 0.29) is 35.7 Å². The predicted molar refractivity (Wildman–Crippen MR) is 165 cm³/mol. The molecule has 0 bridgehead atoms. The van der Waals surface area contributed by atoms with E-state index in [2.05, 4.69) is 15.0 Å². The summed E-state index contributed by atoms with van der Waals surface area (Å²) in [5.41, 5.74) is 1.64. The van der Waals surface area contributed by atoms with E-state index in [1.54, 1.807) is 23.1 Å². The zero-order valence-electron chi connectivity index (χ0n) is 24.5. The van der Waals surface area contributed by atoms with Gasteiger partial charge in [0.1, 0.15) is 10.9 Å². The van der Waals surface area contributed by atoms with Crippen LogP contribution in [0.3, 0.4) is 0 Å². The maximum absolute atomic E-state index is 16.2. The van der Waals surface area contributed by atoms with Crippen molar-refractivity contribution >= 4 is 49.6 Å². The molecule has 2 aliphatic heterocycles. The Morgan fingerprint density at radius 2 is 1.70 bits per heavy atom. The van der Waals surface area contributed by atoms with Crippen LogP contribution < -0.4 is 19.8 Å². The molecule has 0 unspecified atom stereocenters. The van der Waals surface area contributed by atoms with Crippen LogP contribution in [-0.2, 0) is 10.0 Å². The first kappa shape index (κ1) is 30.4. The van der Waals surface area contributed by atoms with Gasteiger partial charge in [-0.1, -0.05) is 6.07 Å². The van der Waals surface area contributed by atoms with E-state index in [1.807, 2.05) is 4.90 Å². The Morgan fingerprint density at radius 3 is 2.36 bits per heavy atom. The van der Waals surface area contributed by atoms with Crippen LogP contribution >= 0.6 is 0 Å². The van der Waals surface area contributed by atoms with Crippen LogP contribution in [0, 0.1) is 11.2 Å². The third kappa shape index (κ3) is 6.03. The number of benzene rings is 2. The van der Waals surface area contributed by atoms with Crippen molar-refractivity contribution in [3.05, 3.63) is 54.0 Å². The quantitative estimate of drug-likeness (QED) is 0.307. The molecule has 236 valence electrons. The Balaban J connectivity index is 1.34. The van der Waals surface area contributed by atoms with Gasteiger partial charge in [-0.15, -0.1) is 0 Å². The molecule has 3 aromatic rings. The number of nitrogens with zero attached hydrogens (tertiary/aromatic N) is 3. The zero-order chi connectivity index (χ0) is 31.3. The summed E-state index contributed by atoms with van der Waals surface area (Å²) < 4.78 is 71.8. The van der Waals surface area contributed by atoms with Crippen LogP contribution in [0.25, 0.3) is 10.9 Å². The lowest BCUT2D eigenvalue weighted by Crippen LogP contribution is -2.40. The highest BCUT2D eigenvalue weighted by atomic mass is 32.2. The van der Waals surface area contributed by atoms with Crippen molar-refractivity contribution in [2.75, 3.05) is 52.6 Å². The smallest absolute Gasteiger partial charge is 0.257 e. The summed E-state index contributed by atoms with van der Waals surface area (Å²) in [4.78, 5) is 21.7. The number of carbonyl (C=O) groups is 1. The fraction of sp³-hybridized carbons (Fsp3) is 0.484. The number of hydrogen-bond donors (Lipinski definition) is 3. The van der Waals surface area contributed by atoms with E-state index >= 15 is 4.39 Å². The highest BCUT2D eigenvalue weighted by Gasteiger charge is 2.45. The first-order chi connectivity index (χ1) is 20.9. The van der Waals surface area contributed by atoms with Gasteiger partial charge in [0.2, 0.25) is 10.0 Å². The van der Waals surface area contributed by atoms with Gasteiger partial charge in [0.15, 0.2) is 5.82 Å². The SMILES string of the molecule is C[C@@H](CO)S(=O)(=O)Nc1ccc(C(=O)Nc2cc3cccnc3c(N3CCC(F)(F)CC3)c2F)c(N2CCC3(CC2)CC3)c1. The van der Waals surface area contributed by atoms with Crippen LogP contribution in [0.2, 0.25) is 0 Å². The molecule has 1 aromatic heterocycles. The number of aliphatic hydroxyl groups excluding tert-OH is 1. The molecule has 1 amide bonds. The van der Waals surface area contributed by atoms with Gasteiger partial charge in [0.25, 0.3) is 11.8 Å². The molecule has 6 rings (SSSR count). The highest BCUT2D eigenvalue weighted by Crippen LogP contribution is 2.54. The van der Waals surface area contributed by atoms with Crippen LogP contribution in [-0.4, -0.2) is 68.4 Å². The number of sulfonamides is 1. The molecule has 44 heavy (non-hydrogen) atoms. The van der Waals surface area contributed by atoms with Gasteiger partial charge in [-0.05, 0) is 68.4 Å². The Hall–Kier alpha value is -3.58. The molecule has 9 nitrogen and oxygen atoms in total. The molecule has 1 saturated carbocycles. The van der Waals surface area contributed by atoms with E-state index in [0.29, 0.717) is 35.1 Å². The van der Waals surface area contributed by atoms with Gasteiger partial charge in [-0.25, -0.2) is 21.6 Å². The van der Waals surface area contributed by atoms with Crippen LogP contribution in [0.1, 0.15) is 55.8 Å². The Labute approximate surface area is 254 Å². The average molecular weight is 632 g/mol. The Morgan fingerprint density at radius 1 is 1.02 bits per heavy atom. The van der Waals surface area contributed by atoms with Gasteiger partial charge >= 0.3 is 0 Å². The minimum absolute atomic E-state index is 0.0557. The molecule has 0 radical (unpaired) electrons. The number of alkyl halides is 2. The van der Waals surface area contributed by atoms with Gasteiger partial charge in [-0.3, -0.25) is 14.5 Å². The molecule has 3 N–H and O–H groups in total. The van der Waals surface area contributed by atoms with E-state index in [0.717, 1.165) is 12.8 Å². The van der Waals surface area contributed by atoms with Crippen LogP contribution in [0.4, 0.5) is 35.9 Å². The summed E-state index contributed by atoms with van der Waals surface area (Å²) >= 11 is 0. The lowest BCUT2D eigenvalue weighted by molar-refractivity contribution is -0.0221. The zero-order valence-corrected chi connectivity index (χ0v) is 25.3. The van der Waals surface area contributed by atoms with E-state index in [9.17, 15) is 27.1 Å². The third-order valence-corrected chi connectivity index (χ3v) is 11.0. The Kier molecular flexibility index (Phi) is 7.89. The fourth-order valence-corrected chi connectivity index (χ4v) is 6.97. The molecule has 1 spiro atoms. The maximum atomic E-state index is 16.2. The summed E-state index contributed by atoms with van der Waals surface area (Å²) in [6.07, 6.45) is 4.96. The molecule has 2 aromatic carbocycles. The largest absolute Gasteiger partial charge is 0.395 e. The number of aliphatic hydroxyl groups is 1. The summed E-state index contributed by atoms with van der Waals surface area (Å²) in [5, 5.41) is 11.6. The van der Waals surface area contributed by atoms with Gasteiger partial charge < -0.3 is 20.2 Å². The molecule has 3 aliphatic rings. The molecule has 1 atom stereocenters. The highest BCUT2D eigenvalue weighted by molar-refractivity contribution is 7.93. The lowest BCUT2D eigenvalue weighted by Gasteiger charge is -2.35. The van der Waals surface area contributed by atoms with Crippen molar-refractivity contribution in [1.29, 1.82) is 0 Å². The summed E-state index contributed by atoms with van der Waals surface area (Å²) in [6, 6.07) is 9.45. The summed E-state index contributed by atoms with van der Waals surface area (Å²) in [7, 11) is -3.88. The van der Waals surface area contributed by atoms with Crippen LogP contribution in [0.15, 0.2) is 42.6 Å². The van der Waals surface area contributed by atoms with Gasteiger partial charge in [0, 0.05) is 50.6 Å². The summed E-state index contributed by atoms with van der Waals surface area (Å²) in [6.45, 7) is 2.10. The van der Waals surface area contributed by atoms with E-state index in [1.165, 1.54) is 44.2 Å². The minimum atomic E-state index is -3.88. The molecule has 1 aliphatic carbocycles. The average Bonchev–Trinajstić information content (AvgIpc) is 3.76.